The van der Waals surface area contributed by atoms with Crippen molar-refractivity contribution in [2.24, 2.45) is 5.92 Å². The fourth-order valence-electron chi connectivity index (χ4n) is 5.28. The topological polar surface area (TPSA) is 87.0 Å². The molecule has 0 N–H and O–H groups in total. The largest absolute Gasteiger partial charge is 0.342 e. The average Bonchev–Trinajstić information content (AvgIpc) is 2.84. The molecule has 3 aliphatic heterocycles. The van der Waals surface area contributed by atoms with Crippen LogP contribution >= 0.6 is 11.6 Å². The predicted octanol–water partition coefficient (Wildman–Crippen LogP) is 3.58. The number of hydrogen-bond acceptors (Lipinski definition) is 5. The summed E-state index contributed by atoms with van der Waals surface area (Å²) in [6.07, 6.45) is 7.13. The highest BCUT2D eigenvalue weighted by Crippen LogP contribution is 2.28. The van der Waals surface area contributed by atoms with Crippen LogP contribution in [0.15, 0.2) is 18.2 Å². The van der Waals surface area contributed by atoms with Crippen LogP contribution in [-0.4, -0.2) is 76.7 Å². The molecule has 32 heavy (non-hydrogen) atoms. The lowest BCUT2D eigenvalue weighted by Gasteiger charge is -2.42. The van der Waals surface area contributed by atoms with Crippen LogP contribution in [0.1, 0.15) is 55.3 Å². The summed E-state index contributed by atoms with van der Waals surface area (Å²) < 4.78 is 0. The number of piperidine rings is 3. The van der Waals surface area contributed by atoms with Crippen LogP contribution in [0.25, 0.3) is 0 Å². The molecule has 0 spiro atoms. The molecule has 1 aromatic carbocycles. The van der Waals surface area contributed by atoms with E-state index in [1.165, 1.54) is 24.6 Å². The number of carbonyl (C=O) groups is 2. The first kappa shape index (κ1) is 23.0. The monoisotopic (exact) mass is 462 g/mol. The van der Waals surface area contributed by atoms with E-state index < -0.39 is 4.92 Å². The molecule has 8 nitrogen and oxygen atoms in total. The Kier molecular flexibility index (Phi) is 7.30. The summed E-state index contributed by atoms with van der Waals surface area (Å²) in [5.74, 6) is 0.342. The second-order valence-corrected chi connectivity index (χ2v) is 9.55. The third kappa shape index (κ3) is 5.07. The maximum absolute atomic E-state index is 12.9. The smallest absolute Gasteiger partial charge is 0.270 e. The van der Waals surface area contributed by atoms with Gasteiger partial charge in [-0.05, 0) is 64.1 Å². The first-order valence-corrected chi connectivity index (χ1v) is 12.1. The number of rotatable bonds is 4. The Hall–Kier alpha value is -2.19. The second kappa shape index (κ2) is 10.2. The minimum Gasteiger partial charge on any atom is -0.342 e. The van der Waals surface area contributed by atoms with Gasteiger partial charge in [0.15, 0.2) is 0 Å². The minimum atomic E-state index is -0.519. The molecular weight excluding hydrogens is 432 g/mol. The average molecular weight is 463 g/mol. The number of likely N-dealkylation sites (tertiary alicyclic amines) is 3. The minimum absolute atomic E-state index is 0.117. The molecule has 0 aliphatic carbocycles. The Morgan fingerprint density at radius 1 is 0.906 bits per heavy atom. The molecule has 3 heterocycles. The van der Waals surface area contributed by atoms with Crippen molar-refractivity contribution < 1.29 is 14.5 Å². The quantitative estimate of drug-likeness (QED) is 0.504. The van der Waals surface area contributed by atoms with E-state index in [-0.39, 0.29) is 22.5 Å². The van der Waals surface area contributed by atoms with E-state index in [0.29, 0.717) is 30.6 Å². The van der Waals surface area contributed by atoms with Crippen molar-refractivity contribution >= 4 is 29.1 Å². The summed E-state index contributed by atoms with van der Waals surface area (Å²) in [7, 11) is 0. The van der Waals surface area contributed by atoms with Gasteiger partial charge >= 0.3 is 0 Å². The predicted molar refractivity (Wildman–Crippen MR) is 122 cm³/mol. The molecule has 0 atom stereocenters. The lowest BCUT2D eigenvalue weighted by molar-refractivity contribution is -0.384. The van der Waals surface area contributed by atoms with Gasteiger partial charge in [-0.3, -0.25) is 19.7 Å². The highest BCUT2D eigenvalue weighted by atomic mass is 35.5. The van der Waals surface area contributed by atoms with Crippen molar-refractivity contribution in [1.82, 2.24) is 14.7 Å². The Balaban J connectivity index is 1.26. The van der Waals surface area contributed by atoms with Gasteiger partial charge in [0.25, 0.3) is 11.6 Å². The molecule has 1 aromatic rings. The van der Waals surface area contributed by atoms with E-state index in [2.05, 4.69) is 9.80 Å². The summed E-state index contributed by atoms with van der Waals surface area (Å²) in [6, 6.07) is 4.43. The molecule has 0 saturated carbocycles. The highest BCUT2D eigenvalue weighted by Gasteiger charge is 2.34. The fraction of sp³-hybridized carbons (Fsp3) is 0.652. The van der Waals surface area contributed by atoms with Gasteiger partial charge in [-0.15, -0.1) is 0 Å². The maximum atomic E-state index is 12.9. The van der Waals surface area contributed by atoms with Crippen LogP contribution in [-0.2, 0) is 4.79 Å². The Labute approximate surface area is 193 Å². The van der Waals surface area contributed by atoms with Crippen LogP contribution in [0.4, 0.5) is 5.69 Å². The van der Waals surface area contributed by atoms with Crippen molar-refractivity contribution in [2.45, 2.75) is 51.0 Å². The van der Waals surface area contributed by atoms with Crippen LogP contribution in [0.2, 0.25) is 5.02 Å². The molecule has 174 valence electrons. The Morgan fingerprint density at radius 3 is 2.16 bits per heavy atom. The number of benzene rings is 1. The molecule has 2 amide bonds. The van der Waals surface area contributed by atoms with Crippen molar-refractivity contribution in [2.75, 3.05) is 39.3 Å². The Bertz CT molecular complexity index is 858. The molecule has 0 unspecified atom stereocenters. The lowest BCUT2D eigenvalue weighted by Crippen LogP contribution is -2.50. The summed E-state index contributed by atoms with van der Waals surface area (Å²) in [5, 5.41) is 11.0. The van der Waals surface area contributed by atoms with E-state index in [1.807, 2.05) is 0 Å². The van der Waals surface area contributed by atoms with E-state index in [4.69, 9.17) is 11.6 Å². The van der Waals surface area contributed by atoms with E-state index in [9.17, 15) is 19.7 Å². The molecule has 3 fully saturated rings. The van der Waals surface area contributed by atoms with Crippen LogP contribution in [0.3, 0.4) is 0 Å². The zero-order valence-electron chi connectivity index (χ0n) is 18.4. The number of nitro benzene ring substituents is 1. The highest BCUT2D eigenvalue weighted by molar-refractivity contribution is 6.34. The molecule has 3 saturated heterocycles. The maximum Gasteiger partial charge on any atom is 0.270 e. The number of hydrogen-bond donors (Lipinski definition) is 0. The van der Waals surface area contributed by atoms with E-state index in [1.54, 1.807) is 4.90 Å². The molecule has 0 aromatic heterocycles. The number of amides is 2. The van der Waals surface area contributed by atoms with Crippen LogP contribution in [0.5, 0.6) is 0 Å². The van der Waals surface area contributed by atoms with Gasteiger partial charge in [0.05, 0.1) is 15.5 Å². The molecule has 3 aliphatic rings. The summed E-state index contributed by atoms with van der Waals surface area (Å²) in [4.78, 5) is 42.4. The van der Waals surface area contributed by atoms with Gasteiger partial charge in [-0.25, -0.2) is 0 Å². The zero-order chi connectivity index (χ0) is 22.7. The molecule has 0 radical (unpaired) electrons. The second-order valence-electron chi connectivity index (χ2n) is 9.14. The molecule has 0 bridgehead atoms. The Morgan fingerprint density at radius 2 is 1.56 bits per heavy atom. The van der Waals surface area contributed by atoms with Gasteiger partial charge in [0.1, 0.15) is 0 Å². The van der Waals surface area contributed by atoms with E-state index >= 15 is 0 Å². The fourth-order valence-corrected chi connectivity index (χ4v) is 5.54. The van der Waals surface area contributed by atoms with Gasteiger partial charge in [0, 0.05) is 50.3 Å². The lowest BCUT2D eigenvalue weighted by atomic mass is 9.91. The molecule has 9 heteroatoms. The van der Waals surface area contributed by atoms with E-state index in [0.717, 1.165) is 64.7 Å². The first-order valence-electron chi connectivity index (χ1n) is 11.7. The summed E-state index contributed by atoms with van der Waals surface area (Å²) in [5.41, 5.74) is 0.195. The van der Waals surface area contributed by atoms with Gasteiger partial charge in [-0.2, -0.15) is 0 Å². The number of non-ortho nitro benzene ring substituents is 1. The molecule has 4 rings (SSSR count). The van der Waals surface area contributed by atoms with Crippen LogP contribution < -0.4 is 0 Å². The van der Waals surface area contributed by atoms with Gasteiger partial charge in [-0.1, -0.05) is 11.6 Å². The van der Waals surface area contributed by atoms with Crippen molar-refractivity contribution in [3.05, 3.63) is 38.9 Å². The third-order valence-electron chi connectivity index (χ3n) is 7.21. The molecular formula is C23H31ClN4O4. The van der Waals surface area contributed by atoms with Crippen molar-refractivity contribution in [3.63, 3.8) is 0 Å². The summed E-state index contributed by atoms with van der Waals surface area (Å²) in [6.45, 7) is 5.01. The van der Waals surface area contributed by atoms with Gasteiger partial charge < -0.3 is 14.7 Å². The zero-order valence-corrected chi connectivity index (χ0v) is 19.1. The first-order chi connectivity index (χ1) is 15.4. The van der Waals surface area contributed by atoms with Crippen LogP contribution in [0, 0.1) is 16.0 Å². The number of halogens is 1. The van der Waals surface area contributed by atoms with Crippen molar-refractivity contribution in [1.29, 1.82) is 0 Å². The number of carbonyl (C=O) groups excluding carboxylic acids is 2. The standard InChI is InChI=1S/C23H31ClN4O4/c24-21-16-19(28(31)32)4-5-20(21)23(30)27-14-8-18(9-15-27)25-12-6-17(7-13-25)22(29)26-10-2-1-3-11-26/h4-5,16-18H,1-3,6-15H2. The third-order valence-corrected chi connectivity index (χ3v) is 7.52. The normalized spacial score (nSPS) is 21.5. The van der Waals surface area contributed by atoms with Gasteiger partial charge in [0.2, 0.25) is 5.91 Å². The number of nitrogens with zero attached hydrogens (tertiary/aromatic N) is 4. The SMILES string of the molecule is O=C(c1ccc([N+](=O)[O-])cc1Cl)N1CCC(N2CCC(C(=O)N3CCCCC3)CC2)CC1. The van der Waals surface area contributed by atoms with Crippen molar-refractivity contribution in [3.8, 4) is 0 Å². The summed E-state index contributed by atoms with van der Waals surface area (Å²) >= 11 is 6.14. The number of nitro groups is 1.